The van der Waals surface area contributed by atoms with Crippen LogP contribution in [0.1, 0.15) is 47.3 Å². The second-order valence-corrected chi connectivity index (χ2v) is 8.91. The summed E-state index contributed by atoms with van der Waals surface area (Å²) < 4.78 is 13.2. The fraction of sp³-hybridized carbons (Fsp3) is 0.346. The van der Waals surface area contributed by atoms with Crippen molar-refractivity contribution in [3.63, 3.8) is 0 Å². The maximum atomic E-state index is 12.9. The van der Waals surface area contributed by atoms with E-state index in [1.54, 1.807) is 6.07 Å². The van der Waals surface area contributed by atoms with Gasteiger partial charge in [0.15, 0.2) is 5.69 Å². The number of aromatic carboxylic acids is 1. The van der Waals surface area contributed by atoms with Gasteiger partial charge in [0.1, 0.15) is 13.2 Å². The van der Waals surface area contributed by atoms with E-state index in [-0.39, 0.29) is 42.8 Å². The van der Waals surface area contributed by atoms with E-state index in [0.717, 1.165) is 36.8 Å². The van der Waals surface area contributed by atoms with E-state index in [2.05, 4.69) is 10.4 Å². The summed E-state index contributed by atoms with van der Waals surface area (Å²) in [5.74, 6) is -1.31. The van der Waals surface area contributed by atoms with Crippen molar-refractivity contribution in [2.24, 2.45) is 0 Å². The van der Waals surface area contributed by atoms with Crippen LogP contribution in [0.25, 0.3) is 0 Å². The Bertz CT molecular complexity index is 1150. The molecule has 8 nitrogen and oxygen atoms in total. The molecule has 1 fully saturated rings. The van der Waals surface area contributed by atoms with E-state index in [9.17, 15) is 14.7 Å². The number of halogens is 1. The molecule has 0 spiro atoms. The highest BCUT2D eigenvalue weighted by Crippen LogP contribution is 2.23. The van der Waals surface area contributed by atoms with Crippen molar-refractivity contribution >= 4 is 23.5 Å². The normalized spacial score (nSPS) is 17.6. The molecule has 0 bridgehead atoms. The quantitative estimate of drug-likeness (QED) is 0.429. The van der Waals surface area contributed by atoms with Crippen LogP contribution >= 0.6 is 11.6 Å². The summed E-state index contributed by atoms with van der Waals surface area (Å²) in [6.07, 6.45) is 3.66. The van der Waals surface area contributed by atoms with Gasteiger partial charge in [0.05, 0.1) is 18.8 Å². The van der Waals surface area contributed by atoms with Gasteiger partial charge in [-0.1, -0.05) is 73.0 Å². The first-order chi connectivity index (χ1) is 17.0. The van der Waals surface area contributed by atoms with Gasteiger partial charge >= 0.3 is 5.97 Å². The minimum Gasteiger partial charge on any atom is -0.476 e. The summed E-state index contributed by atoms with van der Waals surface area (Å²) in [7, 11) is 0. The van der Waals surface area contributed by atoms with Gasteiger partial charge in [0.2, 0.25) is 11.8 Å². The average Bonchev–Trinajstić information content (AvgIpc) is 3.26. The van der Waals surface area contributed by atoms with E-state index >= 15 is 0 Å². The van der Waals surface area contributed by atoms with E-state index in [1.807, 2.05) is 48.5 Å². The lowest BCUT2D eigenvalue weighted by atomic mass is 9.92. The minimum absolute atomic E-state index is 0.0870. The Labute approximate surface area is 208 Å². The fourth-order valence-electron chi connectivity index (χ4n) is 4.13. The number of carbonyl (C=O) groups is 2. The molecule has 184 valence electrons. The topological polar surface area (TPSA) is 103 Å². The van der Waals surface area contributed by atoms with Gasteiger partial charge in [0, 0.05) is 16.7 Å². The maximum absolute atomic E-state index is 12.9. The highest BCUT2D eigenvalue weighted by Gasteiger charge is 2.28. The van der Waals surface area contributed by atoms with Crippen LogP contribution in [0.5, 0.6) is 5.88 Å². The van der Waals surface area contributed by atoms with Gasteiger partial charge < -0.3 is 19.9 Å². The number of aromatic nitrogens is 2. The van der Waals surface area contributed by atoms with Crippen LogP contribution in [-0.4, -0.2) is 38.9 Å². The predicted octanol–water partition coefficient (Wildman–Crippen LogP) is 4.46. The molecule has 1 aliphatic carbocycles. The van der Waals surface area contributed by atoms with Crippen molar-refractivity contribution in [1.82, 2.24) is 15.1 Å². The summed E-state index contributed by atoms with van der Waals surface area (Å²) in [4.78, 5) is 24.4. The largest absolute Gasteiger partial charge is 0.476 e. The number of nitrogens with one attached hydrogen (secondary N) is 1. The number of benzene rings is 2. The minimum atomic E-state index is -1.20. The lowest BCUT2D eigenvalue weighted by molar-refractivity contribution is -0.124. The SMILES string of the molecule is O=C(Cn1nc(C(=O)O)cc1OCc1ccccc1Cl)N[C@H]1CCCC[C@@H]1OCc1ccccc1. The molecule has 3 aromatic rings. The third kappa shape index (κ3) is 6.83. The standard InChI is InChI=1S/C26H28ClN3O5/c27-20-11-5-4-10-19(20)17-35-25-14-22(26(32)33)29-30(25)15-24(31)28-21-12-6-7-13-23(21)34-16-18-8-2-1-3-9-18/h1-5,8-11,14,21,23H,6-7,12-13,15-17H2,(H,28,31)(H,32,33)/t21-,23-/m0/s1. The van der Waals surface area contributed by atoms with Crippen molar-refractivity contribution in [2.45, 2.75) is 57.6 Å². The summed E-state index contributed by atoms with van der Waals surface area (Å²) >= 11 is 6.18. The first kappa shape index (κ1) is 24.8. The van der Waals surface area contributed by atoms with E-state index < -0.39 is 5.97 Å². The van der Waals surface area contributed by atoms with Crippen molar-refractivity contribution in [1.29, 1.82) is 0 Å². The maximum Gasteiger partial charge on any atom is 0.356 e. The zero-order valence-electron chi connectivity index (χ0n) is 19.2. The Balaban J connectivity index is 1.39. The van der Waals surface area contributed by atoms with Crippen LogP contribution in [0.2, 0.25) is 5.02 Å². The van der Waals surface area contributed by atoms with Crippen molar-refractivity contribution in [3.8, 4) is 5.88 Å². The Hall–Kier alpha value is -3.36. The van der Waals surface area contributed by atoms with E-state index in [0.29, 0.717) is 11.6 Å². The summed E-state index contributed by atoms with van der Waals surface area (Å²) in [5, 5.41) is 17.0. The molecule has 2 N–H and O–H groups in total. The Morgan fingerprint density at radius 2 is 1.80 bits per heavy atom. The first-order valence-electron chi connectivity index (χ1n) is 11.6. The zero-order valence-corrected chi connectivity index (χ0v) is 20.0. The van der Waals surface area contributed by atoms with Crippen molar-refractivity contribution in [2.75, 3.05) is 0 Å². The van der Waals surface area contributed by atoms with Gasteiger partial charge in [-0.15, -0.1) is 0 Å². The Morgan fingerprint density at radius 1 is 1.06 bits per heavy atom. The number of hydrogen-bond donors (Lipinski definition) is 2. The van der Waals surface area contributed by atoms with Gasteiger partial charge in [-0.3, -0.25) is 4.79 Å². The third-order valence-corrected chi connectivity index (χ3v) is 6.31. The van der Waals surface area contributed by atoms with Crippen molar-refractivity contribution in [3.05, 3.63) is 82.5 Å². The molecule has 35 heavy (non-hydrogen) atoms. The summed E-state index contributed by atoms with van der Waals surface area (Å²) in [6, 6.07) is 18.3. The van der Waals surface area contributed by atoms with E-state index in [1.165, 1.54) is 10.7 Å². The van der Waals surface area contributed by atoms with E-state index in [4.69, 9.17) is 21.1 Å². The predicted molar refractivity (Wildman–Crippen MR) is 130 cm³/mol. The number of carboxylic acid groups (broad SMARTS) is 1. The molecule has 1 saturated carbocycles. The molecular weight excluding hydrogens is 470 g/mol. The summed E-state index contributed by atoms with van der Waals surface area (Å²) in [6.45, 7) is 0.427. The molecule has 9 heteroatoms. The molecule has 1 heterocycles. The van der Waals surface area contributed by atoms with Gasteiger partial charge in [-0.25, -0.2) is 9.48 Å². The second-order valence-electron chi connectivity index (χ2n) is 8.50. The fourth-order valence-corrected chi connectivity index (χ4v) is 4.32. The highest BCUT2D eigenvalue weighted by atomic mass is 35.5. The second kappa shape index (κ2) is 11.9. The number of carbonyl (C=O) groups excluding carboxylic acids is 1. The molecular formula is C26H28ClN3O5. The number of rotatable bonds is 10. The van der Waals surface area contributed by atoms with Crippen LogP contribution in [-0.2, 0) is 29.3 Å². The van der Waals surface area contributed by atoms with Gasteiger partial charge in [0.25, 0.3) is 0 Å². The van der Waals surface area contributed by atoms with Crippen LogP contribution < -0.4 is 10.1 Å². The van der Waals surface area contributed by atoms with Crippen LogP contribution in [0, 0.1) is 0 Å². The Morgan fingerprint density at radius 3 is 2.57 bits per heavy atom. The molecule has 0 saturated heterocycles. The molecule has 1 aliphatic rings. The van der Waals surface area contributed by atoms with Crippen LogP contribution in [0.3, 0.4) is 0 Å². The molecule has 0 radical (unpaired) electrons. The molecule has 1 aromatic heterocycles. The number of nitrogens with zero attached hydrogens (tertiary/aromatic N) is 2. The molecule has 0 unspecified atom stereocenters. The third-order valence-electron chi connectivity index (χ3n) is 5.94. The number of hydrogen-bond acceptors (Lipinski definition) is 5. The molecule has 2 aromatic carbocycles. The lowest BCUT2D eigenvalue weighted by Crippen LogP contribution is -2.47. The zero-order chi connectivity index (χ0) is 24.6. The first-order valence-corrected chi connectivity index (χ1v) is 12.0. The smallest absolute Gasteiger partial charge is 0.356 e. The number of carboxylic acids is 1. The van der Waals surface area contributed by atoms with Gasteiger partial charge in [-0.2, -0.15) is 5.10 Å². The monoisotopic (exact) mass is 497 g/mol. The molecule has 4 rings (SSSR count). The van der Waals surface area contributed by atoms with Crippen LogP contribution in [0.15, 0.2) is 60.7 Å². The lowest BCUT2D eigenvalue weighted by Gasteiger charge is -2.32. The van der Waals surface area contributed by atoms with Crippen molar-refractivity contribution < 1.29 is 24.2 Å². The average molecular weight is 498 g/mol. The molecule has 0 aliphatic heterocycles. The molecule has 2 atom stereocenters. The number of amides is 1. The highest BCUT2D eigenvalue weighted by molar-refractivity contribution is 6.31. The Kier molecular flexibility index (Phi) is 8.39. The van der Waals surface area contributed by atoms with Crippen LogP contribution in [0.4, 0.5) is 0 Å². The molecule has 1 amide bonds. The number of ether oxygens (including phenoxy) is 2. The van der Waals surface area contributed by atoms with Gasteiger partial charge in [-0.05, 0) is 24.5 Å². The summed E-state index contributed by atoms with van der Waals surface area (Å²) in [5.41, 5.74) is 1.62.